The Morgan fingerprint density at radius 1 is 0.812 bits per heavy atom. The van der Waals surface area contributed by atoms with Gasteiger partial charge in [-0.25, -0.2) is 4.31 Å². The van der Waals surface area contributed by atoms with Crippen LogP contribution >= 0.6 is 12.2 Å². The van der Waals surface area contributed by atoms with Crippen molar-refractivity contribution in [3.8, 4) is 23.0 Å². The van der Waals surface area contributed by atoms with Crippen LogP contribution in [0.3, 0.4) is 0 Å². The van der Waals surface area contributed by atoms with Gasteiger partial charge >= 0.3 is 0 Å². The summed E-state index contributed by atoms with van der Waals surface area (Å²) < 4.78 is 30.5. The summed E-state index contributed by atoms with van der Waals surface area (Å²) in [7, 11) is 5.09. The minimum atomic E-state index is 0.319. The Bertz CT molecular complexity index is 979. The van der Waals surface area contributed by atoms with Crippen molar-refractivity contribution in [3.63, 3.8) is 0 Å². The number of nitrogens with zero attached hydrogens (tertiary/aromatic N) is 2. The van der Waals surface area contributed by atoms with Crippen LogP contribution < -0.4 is 18.4 Å². The molecule has 3 heterocycles. The highest BCUT2D eigenvalue weighted by Crippen LogP contribution is 2.45. The molecule has 8 heteroatoms. The number of hydrogen-bond acceptors (Lipinski definition) is 8. The molecule has 32 heavy (non-hydrogen) atoms. The largest absolute Gasteiger partial charge is 0.493 e. The zero-order chi connectivity index (χ0) is 22.1. The molecule has 0 bridgehead atoms. The molecule has 0 spiro atoms. The molecule has 1 unspecified atom stereocenters. The Kier molecular flexibility index (Phi) is 6.37. The van der Waals surface area contributed by atoms with E-state index < -0.39 is 0 Å². The second kappa shape index (κ2) is 9.39. The number of fused-ring (bicyclic) bond motifs is 4. The molecule has 0 amide bonds. The monoisotopic (exact) mass is 458 g/mol. The second-order valence-electron chi connectivity index (χ2n) is 8.32. The molecular formula is C24H30N2O5S. The van der Waals surface area contributed by atoms with Gasteiger partial charge in [0.15, 0.2) is 23.0 Å². The lowest BCUT2D eigenvalue weighted by molar-refractivity contribution is 0.0756. The molecule has 0 aliphatic carbocycles. The van der Waals surface area contributed by atoms with Gasteiger partial charge in [-0.05, 0) is 59.4 Å². The molecule has 3 aliphatic rings. The van der Waals surface area contributed by atoms with Gasteiger partial charge in [-0.1, -0.05) is 0 Å². The van der Waals surface area contributed by atoms with Gasteiger partial charge in [0.2, 0.25) is 0 Å². The summed E-state index contributed by atoms with van der Waals surface area (Å²) in [4.78, 5) is 2.55. The van der Waals surface area contributed by atoms with Crippen molar-refractivity contribution in [2.75, 3.05) is 54.2 Å². The minimum absolute atomic E-state index is 0.319. The van der Waals surface area contributed by atoms with Gasteiger partial charge < -0.3 is 23.1 Å². The van der Waals surface area contributed by atoms with E-state index in [2.05, 4.69) is 33.5 Å². The Labute approximate surface area is 193 Å². The van der Waals surface area contributed by atoms with Crippen LogP contribution in [0.1, 0.15) is 28.3 Å². The lowest BCUT2D eigenvalue weighted by Crippen LogP contribution is -2.39. The first kappa shape index (κ1) is 21.7. The number of rotatable bonds is 6. The van der Waals surface area contributed by atoms with E-state index in [0.717, 1.165) is 75.2 Å². The summed E-state index contributed by atoms with van der Waals surface area (Å²) in [6, 6.07) is 8.92. The Balaban J connectivity index is 1.40. The van der Waals surface area contributed by atoms with E-state index in [9.17, 15) is 0 Å². The fourth-order valence-corrected chi connectivity index (χ4v) is 5.47. The molecule has 1 fully saturated rings. The number of hydrogen-bond donors (Lipinski definition) is 0. The third kappa shape index (κ3) is 4.12. The normalized spacial score (nSPS) is 20.7. The molecule has 0 aromatic heterocycles. The molecule has 5 rings (SSSR count). The molecular weight excluding hydrogens is 428 g/mol. The van der Waals surface area contributed by atoms with E-state index >= 15 is 0 Å². The Morgan fingerprint density at radius 3 is 2.19 bits per heavy atom. The molecule has 3 aliphatic heterocycles. The standard InChI is InChI=1S/C24H30N2O5S/c1-27-21-12-17-10-20-19-14-23(29-3)24(31-32-26-6-8-30-9-7-26)11-16(19)4-5-25(20)15-18(17)13-22(21)28-2/h11-14,20H,4-10,15H2,1-3H3. The van der Waals surface area contributed by atoms with Gasteiger partial charge in [0.05, 0.1) is 34.5 Å². The third-order valence-electron chi connectivity index (χ3n) is 6.59. The predicted molar refractivity (Wildman–Crippen MR) is 124 cm³/mol. The first-order valence-electron chi connectivity index (χ1n) is 11.1. The molecule has 0 radical (unpaired) electrons. The SMILES string of the molecule is COc1cc2c(cc1OC)CN1CCc3cc(OSN4CCOCC4)c(OC)cc3C1C2. The summed E-state index contributed by atoms with van der Waals surface area (Å²) in [5.41, 5.74) is 5.31. The van der Waals surface area contributed by atoms with Crippen LogP contribution in [0.2, 0.25) is 0 Å². The zero-order valence-electron chi connectivity index (χ0n) is 18.9. The maximum Gasteiger partial charge on any atom is 0.181 e. The number of benzene rings is 2. The average molecular weight is 459 g/mol. The van der Waals surface area contributed by atoms with Crippen LogP contribution in [0.15, 0.2) is 24.3 Å². The summed E-state index contributed by atoms with van der Waals surface area (Å²) >= 11 is 1.39. The minimum Gasteiger partial charge on any atom is -0.493 e. The van der Waals surface area contributed by atoms with Crippen molar-refractivity contribution in [3.05, 3.63) is 46.5 Å². The smallest absolute Gasteiger partial charge is 0.181 e. The quantitative estimate of drug-likeness (QED) is 0.480. The van der Waals surface area contributed by atoms with Gasteiger partial charge in [0.25, 0.3) is 0 Å². The lowest BCUT2D eigenvalue weighted by Gasteiger charge is -2.41. The third-order valence-corrected chi connectivity index (χ3v) is 7.42. The zero-order valence-corrected chi connectivity index (χ0v) is 19.7. The van der Waals surface area contributed by atoms with Crippen molar-refractivity contribution < 1.29 is 23.1 Å². The van der Waals surface area contributed by atoms with Crippen LogP contribution in [-0.4, -0.2) is 63.4 Å². The van der Waals surface area contributed by atoms with Crippen LogP contribution in [0.25, 0.3) is 0 Å². The predicted octanol–water partition coefficient (Wildman–Crippen LogP) is 3.64. The Hall–Kier alpha value is -2.13. The van der Waals surface area contributed by atoms with Gasteiger partial charge in [-0.3, -0.25) is 4.90 Å². The topological polar surface area (TPSA) is 52.6 Å². The fraction of sp³-hybridized carbons (Fsp3) is 0.500. The van der Waals surface area contributed by atoms with Crippen LogP contribution in [-0.2, 0) is 24.1 Å². The van der Waals surface area contributed by atoms with E-state index in [0.29, 0.717) is 6.04 Å². The van der Waals surface area contributed by atoms with Gasteiger partial charge in [-0.2, -0.15) is 0 Å². The van der Waals surface area contributed by atoms with Crippen LogP contribution in [0, 0.1) is 0 Å². The van der Waals surface area contributed by atoms with E-state index in [1.54, 1.807) is 21.3 Å². The molecule has 0 N–H and O–H groups in total. The molecule has 172 valence electrons. The second-order valence-corrected chi connectivity index (χ2v) is 9.15. The van der Waals surface area contributed by atoms with Crippen molar-refractivity contribution in [1.82, 2.24) is 9.21 Å². The van der Waals surface area contributed by atoms with Gasteiger partial charge in [0.1, 0.15) is 12.2 Å². The maximum absolute atomic E-state index is 6.10. The van der Waals surface area contributed by atoms with Gasteiger partial charge in [0, 0.05) is 32.2 Å². The van der Waals surface area contributed by atoms with E-state index in [4.69, 9.17) is 23.1 Å². The first-order chi connectivity index (χ1) is 15.7. The molecule has 7 nitrogen and oxygen atoms in total. The van der Waals surface area contributed by atoms with Crippen LogP contribution in [0.4, 0.5) is 0 Å². The number of ether oxygens (including phenoxy) is 4. The summed E-state index contributed by atoms with van der Waals surface area (Å²) in [6.07, 6.45) is 1.94. The molecule has 2 aromatic rings. The van der Waals surface area contributed by atoms with E-state index in [1.165, 1.54) is 34.5 Å². The van der Waals surface area contributed by atoms with Gasteiger partial charge in [-0.15, -0.1) is 0 Å². The maximum atomic E-state index is 6.10. The molecule has 1 atom stereocenters. The van der Waals surface area contributed by atoms with Crippen molar-refractivity contribution in [2.24, 2.45) is 0 Å². The fourth-order valence-electron chi connectivity index (χ4n) is 4.86. The molecule has 1 saturated heterocycles. The lowest BCUT2D eigenvalue weighted by atomic mass is 9.83. The first-order valence-corrected chi connectivity index (χ1v) is 11.8. The number of methoxy groups -OCH3 is 3. The van der Waals surface area contributed by atoms with Crippen molar-refractivity contribution >= 4 is 12.2 Å². The summed E-state index contributed by atoms with van der Waals surface area (Å²) in [5, 5.41) is 0. The van der Waals surface area contributed by atoms with Crippen molar-refractivity contribution in [1.29, 1.82) is 0 Å². The van der Waals surface area contributed by atoms with Crippen LogP contribution in [0.5, 0.6) is 23.0 Å². The summed E-state index contributed by atoms with van der Waals surface area (Å²) in [5.74, 6) is 3.16. The summed E-state index contributed by atoms with van der Waals surface area (Å²) in [6.45, 7) is 5.15. The molecule has 2 aromatic carbocycles. The number of morpholine rings is 1. The highest BCUT2D eigenvalue weighted by molar-refractivity contribution is 7.92. The van der Waals surface area contributed by atoms with Crippen molar-refractivity contribution in [2.45, 2.75) is 25.4 Å². The highest BCUT2D eigenvalue weighted by Gasteiger charge is 2.34. The average Bonchev–Trinajstić information content (AvgIpc) is 2.85. The Morgan fingerprint density at radius 2 is 1.47 bits per heavy atom. The van der Waals surface area contributed by atoms with E-state index in [-0.39, 0.29) is 0 Å². The van der Waals surface area contributed by atoms with E-state index in [1.807, 2.05) is 0 Å². The molecule has 0 saturated carbocycles. The highest BCUT2D eigenvalue weighted by atomic mass is 32.2.